The highest BCUT2D eigenvalue weighted by Gasteiger charge is 2.30. The first-order valence-corrected chi connectivity index (χ1v) is 8.82. The Labute approximate surface area is 169 Å². The number of imide groups is 1. The molecule has 1 saturated heterocycles. The van der Waals surface area contributed by atoms with Crippen molar-refractivity contribution < 1.29 is 37.4 Å². The summed E-state index contributed by atoms with van der Waals surface area (Å²) >= 11 is 0. The average molecular weight is 418 g/mol. The summed E-state index contributed by atoms with van der Waals surface area (Å²) in [5.74, 6) is -2.60. The Hall–Kier alpha value is -3.82. The summed E-state index contributed by atoms with van der Waals surface area (Å²) in [5, 5.41) is 2.32. The Morgan fingerprint density at radius 2 is 1.73 bits per heavy atom. The van der Waals surface area contributed by atoms with Gasteiger partial charge in [-0.2, -0.15) is 8.78 Å². The van der Waals surface area contributed by atoms with Crippen LogP contribution in [0.2, 0.25) is 0 Å². The molecule has 0 atom stereocenters. The van der Waals surface area contributed by atoms with Crippen LogP contribution in [0.4, 0.5) is 20.2 Å². The average Bonchev–Trinajstić information content (AvgIpc) is 3.05. The molecule has 1 fully saturated rings. The van der Waals surface area contributed by atoms with E-state index < -0.39 is 25.1 Å². The van der Waals surface area contributed by atoms with Crippen LogP contribution in [0.3, 0.4) is 0 Å². The van der Waals surface area contributed by atoms with Crippen molar-refractivity contribution in [2.45, 2.75) is 19.5 Å². The number of rotatable bonds is 7. The van der Waals surface area contributed by atoms with Gasteiger partial charge in [-0.1, -0.05) is 18.2 Å². The van der Waals surface area contributed by atoms with Crippen molar-refractivity contribution in [1.29, 1.82) is 0 Å². The standard InChI is InChI=1S/C20H16F2N2O6/c21-20(22)30-15-7-2-1-6-14(15)23-16(25)11-29-19(28)12-4-3-5-13(10-12)24-17(26)8-9-18(24)27/h1-7,10,20H,8-9,11H2,(H,23,25). The Morgan fingerprint density at radius 1 is 1.03 bits per heavy atom. The molecule has 0 saturated carbocycles. The van der Waals surface area contributed by atoms with Crippen LogP contribution in [0.25, 0.3) is 0 Å². The summed E-state index contributed by atoms with van der Waals surface area (Å²) in [6, 6.07) is 11.3. The molecule has 3 amide bonds. The Morgan fingerprint density at radius 3 is 2.43 bits per heavy atom. The Balaban J connectivity index is 1.61. The molecule has 2 aromatic carbocycles. The van der Waals surface area contributed by atoms with Crippen LogP contribution in [0.1, 0.15) is 23.2 Å². The fourth-order valence-corrected chi connectivity index (χ4v) is 2.81. The highest BCUT2D eigenvalue weighted by atomic mass is 19.3. The second-order valence-corrected chi connectivity index (χ2v) is 6.17. The monoisotopic (exact) mass is 418 g/mol. The molecule has 0 radical (unpaired) electrons. The number of benzene rings is 2. The largest absolute Gasteiger partial charge is 0.452 e. The number of hydrogen-bond acceptors (Lipinski definition) is 6. The summed E-state index contributed by atoms with van der Waals surface area (Å²) in [5.41, 5.74) is 0.264. The molecule has 10 heteroatoms. The third kappa shape index (κ3) is 4.96. The van der Waals surface area contributed by atoms with E-state index in [0.29, 0.717) is 0 Å². The van der Waals surface area contributed by atoms with E-state index in [1.165, 1.54) is 48.5 Å². The first-order chi connectivity index (χ1) is 14.3. The van der Waals surface area contributed by atoms with Gasteiger partial charge in [-0.3, -0.25) is 19.3 Å². The van der Waals surface area contributed by atoms with Crippen molar-refractivity contribution in [2.24, 2.45) is 0 Å². The Kier molecular flexibility index (Phi) is 6.35. The number of nitrogens with zero attached hydrogens (tertiary/aromatic N) is 1. The first kappa shape index (κ1) is 20.9. The minimum Gasteiger partial charge on any atom is -0.452 e. The highest BCUT2D eigenvalue weighted by molar-refractivity contribution is 6.20. The van der Waals surface area contributed by atoms with E-state index in [1.807, 2.05) is 0 Å². The molecule has 0 spiro atoms. The van der Waals surface area contributed by atoms with Gasteiger partial charge in [0.1, 0.15) is 5.75 Å². The number of halogens is 2. The lowest BCUT2D eigenvalue weighted by Crippen LogP contribution is -2.28. The summed E-state index contributed by atoms with van der Waals surface area (Å²) in [6.07, 6.45) is 0.203. The van der Waals surface area contributed by atoms with Crippen LogP contribution in [0.15, 0.2) is 48.5 Å². The summed E-state index contributed by atoms with van der Waals surface area (Å²) in [6.45, 7) is -3.75. The van der Waals surface area contributed by atoms with Crippen molar-refractivity contribution in [3.63, 3.8) is 0 Å². The lowest BCUT2D eigenvalue weighted by molar-refractivity contribution is -0.121. The number of ether oxygens (including phenoxy) is 2. The van der Waals surface area contributed by atoms with Crippen LogP contribution >= 0.6 is 0 Å². The number of esters is 1. The molecule has 1 heterocycles. The molecule has 0 aliphatic carbocycles. The van der Waals surface area contributed by atoms with Gasteiger partial charge in [0.15, 0.2) is 6.61 Å². The van der Waals surface area contributed by atoms with E-state index in [4.69, 9.17) is 4.74 Å². The van der Waals surface area contributed by atoms with E-state index >= 15 is 0 Å². The summed E-state index contributed by atoms with van der Waals surface area (Å²) in [4.78, 5) is 48.9. The SMILES string of the molecule is O=C(COC(=O)c1cccc(N2C(=O)CCC2=O)c1)Nc1ccccc1OC(F)F. The van der Waals surface area contributed by atoms with Gasteiger partial charge in [-0.15, -0.1) is 0 Å². The number of nitrogens with one attached hydrogen (secondary N) is 1. The smallest absolute Gasteiger partial charge is 0.387 e. The molecule has 1 N–H and O–H groups in total. The van der Waals surface area contributed by atoms with Gasteiger partial charge in [-0.05, 0) is 30.3 Å². The zero-order valence-corrected chi connectivity index (χ0v) is 15.5. The normalized spacial score (nSPS) is 13.5. The van der Waals surface area contributed by atoms with E-state index in [1.54, 1.807) is 0 Å². The molecule has 8 nitrogen and oxygen atoms in total. The zero-order chi connectivity index (χ0) is 21.7. The van der Waals surface area contributed by atoms with E-state index in [9.17, 15) is 28.0 Å². The predicted octanol–water partition coefficient (Wildman–Crippen LogP) is 2.74. The Bertz CT molecular complexity index is 979. The second-order valence-electron chi connectivity index (χ2n) is 6.17. The van der Waals surface area contributed by atoms with Gasteiger partial charge in [0, 0.05) is 12.8 Å². The fraction of sp³-hybridized carbons (Fsp3) is 0.200. The van der Waals surface area contributed by atoms with Crippen LogP contribution in [0, 0.1) is 0 Å². The van der Waals surface area contributed by atoms with Crippen molar-refractivity contribution in [2.75, 3.05) is 16.8 Å². The minimum atomic E-state index is -3.07. The first-order valence-electron chi connectivity index (χ1n) is 8.82. The molecule has 3 rings (SSSR count). The van der Waals surface area contributed by atoms with Gasteiger partial charge in [0.2, 0.25) is 11.8 Å². The van der Waals surface area contributed by atoms with Crippen LogP contribution in [0.5, 0.6) is 5.75 Å². The molecule has 2 aromatic rings. The number of amides is 3. The van der Waals surface area contributed by atoms with E-state index in [-0.39, 0.29) is 47.3 Å². The molecule has 30 heavy (non-hydrogen) atoms. The summed E-state index contributed by atoms with van der Waals surface area (Å²) in [7, 11) is 0. The quantitative estimate of drug-likeness (QED) is 0.548. The van der Waals surface area contributed by atoms with Crippen molar-refractivity contribution in [3.8, 4) is 5.75 Å². The maximum Gasteiger partial charge on any atom is 0.387 e. The maximum atomic E-state index is 12.4. The number of hydrogen-bond donors (Lipinski definition) is 1. The van der Waals surface area contributed by atoms with Crippen molar-refractivity contribution in [1.82, 2.24) is 0 Å². The fourth-order valence-electron chi connectivity index (χ4n) is 2.81. The minimum absolute atomic E-state index is 0.00750. The molecular formula is C20H16F2N2O6. The number of carbonyl (C=O) groups excluding carboxylic acids is 4. The maximum absolute atomic E-state index is 12.4. The van der Waals surface area contributed by atoms with Gasteiger partial charge in [-0.25, -0.2) is 4.79 Å². The van der Waals surface area contributed by atoms with Crippen LogP contribution < -0.4 is 15.0 Å². The summed E-state index contributed by atoms with van der Waals surface area (Å²) < 4.78 is 34.1. The molecule has 1 aliphatic heterocycles. The van der Waals surface area contributed by atoms with Crippen molar-refractivity contribution >= 4 is 35.1 Å². The number of carbonyl (C=O) groups is 4. The molecule has 1 aliphatic rings. The molecule has 0 bridgehead atoms. The lowest BCUT2D eigenvalue weighted by Gasteiger charge is -2.14. The molecule has 0 aromatic heterocycles. The number of anilines is 2. The topological polar surface area (TPSA) is 102 Å². The van der Waals surface area contributed by atoms with Gasteiger partial charge < -0.3 is 14.8 Å². The number of para-hydroxylation sites is 2. The van der Waals surface area contributed by atoms with Gasteiger partial charge in [0.05, 0.1) is 16.9 Å². The second kappa shape index (κ2) is 9.12. The van der Waals surface area contributed by atoms with E-state index in [0.717, 1.165) is 4.90 Å². The van der Waals surface area contributed by atoms with E-state index in [2.05, 4.69) is 10.1 Å². The lowest BCUT2D eigenvalue weighted by atomic mass is 10.2. The zero-order valence-electron chi connectivity index (χ0n) is 15.5. The number of alkyl halides is 2. The van der Waals surface area contributed by atoms with Crippen molar-refractivity contribution in [3.05, 3.63) is 54.1 Å². The molecule has 156 valence electrons. The molecular weight excluding hydrogens is 402 g/mol. The predicted molar refractivity (Wildman–Crippen MR) is 100 cm³/mol. The van der Waals surface area contributed by atoms with Crippen LogP contribution in [-0.4, -0.2) is 36.9 Å². The van der Waals surface area contributed by atoms with Gasteiger partial charge >= 0.3 is 12.6 Å². The van der Waals surface area contributed by atoms with Crippen LogP contribution in [-0.2, 0) is 19.1 Å². The third-order valence-corrected chi connectivity index (χ3v) is 4.10. The van der Waals surface area contributed by atoms with Gasteiger partial charge in [0.25, 0.3) is 5.91 Å². The highest BCUT2D eigenvalue weighted by Crippen LogP contribution is 2.26. The molecule has 0 unspecified atom stereocenters. The third-order valence-electron chi connectivity index (χ3n) is 4.10.